The molecule has 5 heteroatoms. The molecule has 1 aliphatic carbocycles. The summed E-state index contributed by atoms with van der Waals surface area (Å²) < 4.78 is 16.3. The lowest BCUT2D eigenvalue weighted by Gasteiger charge is -2.24. The van der Waals surface area contributed by atoms with Gasteiger partial charge in [-0.15, -0.1) is 0 Å². The molecule has 1 aliphatic heterocycles. The smallest absolute Gasteiger partial charge is 0.305 e. The second-order valence-corrected chi connectivity index (χ2v) is 6.16. The molecule has 2 rings (SSSR count). The highest BCUT2D eigenvalue weighted by atomic mass is 16.7. The first-order valence-corrected chi connectivity index (χ1v) is 9.00. The highest BCUT2D eigenvalue weighted by molar-refractivity contribution is 5.98. The Balaban J connectivity index is 1.65. The first kappa shape index (κ1) is 18.9. The van der Waals surface area contributed by atoms with Crippen molar-refractivity contribution in [2.45, 2.75) is 70.7 Å². The van der Waals surface area contributed by atoms with Crippen molar-refractivity contribution in [1.82, 2.24) is 0 Å². The lowest BCUT2D eigenvalue weighted by Crippen LogP contribution is -2.26. The molecule has 0 aromatic carbocycles. The average molecular weight is 336 g/mol. The van der Waals surface area contributed by atoms with Crippen LogP contribution in [-0.4, -0.2) is 37.4 Å². The van der Waals surface area contributed by atoms with Gasteiger partial charge in [0.2, 0.25) is 0 Å². The molecule has 24 heavy (non-hydrogen) atoms. The third kappa shape index (κ3) is 6.57. The average Bonchev–Trinajstić information content (AvgIpc) is 2.91. The summed E-state index contributed by atoms with van der Waals surface area (Å²) in [4.78, 5) is 23.2. The molecule has 0 amide bonds. The van der Waals surface area contributed by atoms with Crippen LogP contribution >= 0.6 is 0 Å². The molecule has 0 aromatic heterocycles. The third-order valence-corrected chi connectivity index (χ3v) is 4.16. The molecular formula is C19H28O5. The minimum atomic E-state index is -0.162. The van der Waals surface area contributed by atoms with E-state index in [-0.39, 0.29) is 24.1 Å². The highest BCUT2D eigenvalue weighted by Gasteiger charge is 2.27. The fourth-order valence-electron chi connectivity index (χ4n) is 2.90. The van der Waals surface area contributed by atoms with Crippen LogP contribution in [0.2, 0.25) is 0 Å². The zero-order chi connectivity index (χ0) is 17.2. The summed E-state index contributed by atoms with van der Waals surface area (Å²) >= 11 is 0. The van der Waals surface area contributed by atoms with E-state index < -0.39 is 0 Å². The van der Waals surface area contributed by atoms with Gasteiger partial charge in [-0.05, 0) is 57.1 Å². The van der Waals surface area contributed by atoms with E-state index in [2.05, 4.69) is 0 Å². The molecular weight excluding hydrogens is 308 g/mol. The molecule has 0 aromatic rings. The summed E-state index contributed by atoms with van der Waals surface area (Å²) in [6.45, 7) is 2.98. The standard InChI is InChI=1S/C19H28O5/c1-2-22-18(21)10-6-4-3-5-9-15-13-16(14-17(15)20)24-19-11-7-8-12-23-19/h3,5,13,16,19H,2,4,6-12,14H2,1H3/b5-3-. The fourth-order valence-corrected chi connectivity index (χ4v) is 2.90. The number of Topliss-reactive ketones (excluding diaryl/α,β-unsaturated/α-hetero) is 1. The summed E-state index contributed by atoms with van der Waals surface area (Å²) in [5.41, 5.74) is 0.817. The summed E-state index contributed by atoms with van der Waals surface area (Å²) in [6.07, 6.45) is 11.8. The summed E-state index contributed by atoms with van der Waals surface area (Å²) in [6, 6.07) is 0. The van der Waals surface area contributed by atoms with Gasteiger partial charge >= 0.3 is 5.97 Å². The number of hydrogen-bond acceptors (Lipinski definition) is 5. The number of unbranched alkanes of at least 4 members (excludes halogenated alkanes) is 1. The van der Waals surface area contributed by atoms with E-state index in [1.165, 1.54) is 0 Å². The number of carbonyl (C=O) groups excluding carboxylic acids is 2. The highest BCUT2D eigenvalue weighted by Crippen LogP contribution is 2.24. The molecule has 0 spiro atoms. The number of esters is 1. The Morgan fingerprint density at radius 2 is 2.25 bits per heavy atom. The molecule has 5 nitrogen and oxygen atoms in total. The van der Waals surface area contributed by atoms with Crippen molar-refractivity contribution in [3.63, 3.8) is 0 Å². The molecule has 1 saturated heterocycles. The van der Waals surface area contributed by atoms with Crippen molar-refractivity contribution in [2.75, 3.05) is 13.2 Å². The third-order valence-electron chi connectivity index (χ3n) is 4.16. The molecule has 2 unspecified atom stereocenters. The van der Waals surface area contributed by atoms with Crippen LogP contribution in [0.3, 0.4) is 0 Å². The number of carbonyl (C=O) groups is 2. The van der Waals surface area contributed by atoms with E-state index in [1.54, 1.807) is 0 Å². The second kappa shape index (κ2) is 10.4. The molecule has 2 aliphatic rings. The molecule has 2 atom stereocenters. The van der Waals surface area contributed by atoms with Crippen molar-refractivity contribution in [1.29, 1.82) is 0 Å². The van der Waals surface area contributed by atoms with Crippen molar-refractivity contribution in [3.8, 4) is 0 Å². The minimum absolute atomic E-state index is 0.146. The van der Waals surface area contributed by atoms with Gasteiger partial charge in [0.25, 0.3) is 0 Å². The van der Waals surface area contributed by atoms with Crippen LogP contribution < -0.4 is 0 Å². The van der Waals surface area contributed by atoms with Gasteiger partial charge in [0.05, 0.1) is 12.7 Å². The van der Waals surface area contributed by atoms with Gasteiger partial charge in [0.1, 0.15) is 0 Å². The van der Waals surface area contributed by atoms with Gasteiger partial charge < -0.3 is 14.2 Å². The van der Waals surface area contributed by atoms with E-state index in [9.17, 15) is 9.59 Å². The van der Waals surface area contributed by atoms with E-state index in [1.807, 2.05) is 25.2 Å². The van der Waals surface area contributed by atoms with E-state index in [0.717, 1.165) is 44.3 Å². The van der Waals surface area contributed by atoms with Crippen molar-refractivity contribution in [2.24, 2.45) is 0 Å². The Bertz CT molecular complexity index is 474. The molecule has 0 saturated carbocycles. The van der Waals surface area contributed by atoms with Crippen LogP contribution in [0, 0.1) is 0 Å². The quantitative estimate of drug-likeness (QED) is 0.366. The Hall–Kier alpha value is -1.46. The van der Waals surface area contributed by atoms with Gasteiger partial charge in [0, 0.05) is 19.4 Å². The first-order valence-electron chi connectivity index (χ1n) is 9.00. The summed E-state index contributed by atoms with van der Waals surface area (Å²) in [7, 11) is 0. The minimum Gasteiger partial charge on any atom is -0.466 e. The zero-order valence-corrected chi connectivity index (χ0v) is 14.5. The van der Waals surface area contributed by atoms with Crippen LogP contribution in [0.1, 0.15) is 58.3 Å². The second-order valence-electron chi connectivity index (χ2n) is 6.16. The van der Waals surface area contributed by atoms with Crippen LogP contribution in [0.25, 0.3) is 0 Å². The summed E-state index contributed by atoms with van der Waals surface area (Å²) in [5, 5.41) is 0. The number of hydrogen-bond donors (Lipinski definition) is 0. The van der Waals surface area contributed by atoms with Gasteiger partial charge in [-0.1, -0.05) is 12.2 Å². The number of rotatable bonds is 9. The molecule has 134 valence electrons. The predicted molar refractivity (Wildman–Crippen MR) is 90.4 cm³/mol. The lowest BCUT2D eigenvalue weighted by molar-refractivity contribution is -0.178. The number of allylic oxidation sites excluding steroid dienone is 3. The number of ketones is 1. The Labute approximate surface area is 144 Å². The zero-order valence-electron chi connectivity index (χ0n) is 14.5. The topological polar surface area (TPSA) is 61.8 Å². The molecule has 1 heterocycles. The maximum absolute atomic E-state index is 12.0. The first-order chi connectivity index (χ1) is 11.7. The predicted octanol–water partition coefficient (Wildman–Crippen LogP) is 3.48. The molecule has 0 radical (unpaired) electrons. The Kier molecular flexibility index (Phi) is 8.19. The molecule has 0 N–H and O–H groups in total. The van der Waals surface area contributed by atoms with E-state index in [4.69, 9.17) is 14.2 Å². The van der Waals surface area contributed by atoms with Crippen LogP contribution in [0.15, 0.2) is 23.8 Å². The van der Waals surface area contributed by atoms with Crippen molar-refractivity contribution >= 4 is 11.8 Å². The van der Waals surface area contributed by atoms with Crippen LogP contribution in [0.5, 0.6) is 0 Å². The lowest BCUT2D eigenvalue weighted by atomic mass is 10.1. The molecule has 0 bridgehead atoms. The Morgan fingerprint density at radius 3 is 3.00 bits per heavy atom. The molecule has 1 fully saturated rings. The van der Waals surface area contributed by atoms with Crippen molar-refractivity contribution in [3.05, 3.63) is 23.8 Å². The van der Waals surface area contributed by atoms with Gasteiger partial charge in [-0.25, -0.2) is 0 Å². The van der Waals surface area contributed by atoms with Gasteiger partial charge in [0.15, 0.2) is 12.1 Å². The number of ether oxygens (including phenoxy) is 3. The van der Waals surface area contributed by atoms with E-state index >= 15 is 0 Å². The van der Waals surface area contributed by atoms with Crippen LogP contribution in [-0.2, 0) is 23.8 Å². The fraction of sp³-hybridized carbons (Fsp3) is 0.684. The van der Waals surface area contributed by atoms with E-state index in [0.29, 0.717) is 25.9 Å². The van der Waals surface area contributed by atoms with Crippen molar-refractivity contribution < 1.29 is 23.8 Å². The maximum atomic E-state index is 12.0. The van der Waals surface area contributed by atoms with Gasteiger partial charge in [-0.2, -0.15) is 0 Å². The Morgan fingerprint density at radius 1 is 1.38 bits per heavy atom. The monoisotopic (exact) mass is 336 g/mol. The van der Waals surface area contributed by atoms with Gasteiger partial charge in [-0.3, -0.25) is 9.59 Å². The van der Waals surface area contributed by atoms with Crippen LogP contribution in [0.4, 0.5) is 0 Å². The summed E-state index contributed by atoms with van der Waals surface area (Å²) in [5.74, 6) is 0.0106. The normalized spacial score (nSPS) is 24.4. The SMILES string of the molecule is CCOC(=O)CCC/C=C\CC1=CC(OC2CCCCO2)CC1=O. The largest absolute Gasteiger partial charge is 0.466 e. The maximum Gasteiger partial charge on any atom is 0.305 e.